The normalized spacial score (nSPS) is 10.3. The largest absolute Gasteiger partial charge is 0.462 e. The molecule has 0 unspecified atom stereocenters. The van der Waals surface area contributed by atoms with Gasteiger partial charge in [-0.1, -0.05) is 11.6 Å². The summed E-state index contributed by atoms with van der Waals surface area (Å²) in [7, 11) is 0. The molecule has 0 amide bonds. The van der Waals surface area contributed by atoms with Gasteiger partial charge >= 0.3 is 5.97 Å². The number of halogens is 1. The Hall–Kier alpha value is -1.88. The quantitative estimate of drug-likeness (QED) is 0.795. The lowest BCUT2D eigenvalue weighted by Gasteiger charge is -2.03. The number of hydrogen-bond donors (Lipinski definition) is 0. The highest BCUT2D eigenvalue weighted by molar-refractivity contribution is 6.31. The van der Waals surface area contributed by atoms with Gasteiger partial charge in [-0.15, -0.1) is 0 Å². The fourth-order valence-corrected chi connectivity index (χ4v) is 1.66. The molecule has 0 bridgehead atoms. The van der Waals surface area contributed by atoms with Gasteiger partial charge in [0.1, 0.15) is 0 Å². The molecule has 2 rings (SSSR count). The predicted octanol–water partition coefficient (Wildman–Crippen LogP) is 2.16. The van der Waals surface area contributed by atoms with Crippen LogP contribution in [0.25, 0.3) is 0 Å². The number of hydrogen-bond acceptors (Lipinski definition) is 4. The lowest BCUT2D eigenvalue weighted by molar-refractivity contribution is 0.0526. The summed E-state index contributed by atoms with van der Waals surface area (Å²) in [6.07, 6.45) is 6.35. The van der Waals surface area contributed by atoms with E-state index in [9.17, 15) is 4.79 Å². The Labute approximate surface area is 109 Å². The van der Waals surface area contributed by atoms with Crippen LogP contribution >= 0.6 is 11.6 Å². The first kappa shape index (κ1) is 12.6. The first-order valence-corrected chi connectivity index (χ1v) is 5.86. The molecule has 2 aromatic rings. The molecule has 0 saturated heterocycles. The predicted molar refractivity (Wildman–Crippen MR) is 66.5 cm³/mol. The summed E-state index contributed by atoms with van der Waals surface area (Å²) in [5, 5.41) is 4.67. The van der Waals surface area contributed by atoms with Gasteiger partial charge in [0.2, 0.25) is 0 Å². The minimum atomic E-state index is -0.371. The Morgan fingerprint density at radius 2 is 2.33 bits per heavy atom. The van der Waals surface area contributed by atoms with Crippen LogP contribution in [-0.4, -0.2) is 27.3 Å². The van der Waals surface area contributed by atoms with Crippen molar-refractivity contribution in [3.63, 3.8) is 0 Å². The van der Waals surface area contributed by atoms with Gasteiger partial charge < -0.3 is 4.74 Å². The third-order valence-electron chi connectivity index (χ3n) is 2.33. The minimum Gasteiger partial charge on any atom is -0.462 e. The summed E-state index contributed by atoms with van der Waals surface area (Å²) in [6, 6.07) is 1.81. The Bertz CT molecular complexity index is 554. The molecule has 0 fully saturated rings. The number of aromatic nitrogens is 3. The van der Waals surface area contributed by atoms with Crippen molar-refractivity contribution in [3.8, 4) is 0 Å². The molecule has 0 saturated carbocycles. The number of ether oxygens (including phenoxy) is 1. The van der Waals surface area contributed by atoms with Gasteiger partial charge in [-0.3, -0.25) is 9.67 Å². The van der Waals surface area contributed by atoms with Gasteiger partial charge in [0.25, 0.3) is 0 Å². The molecule has 94 valence electrons. The summed E-state index contributed by atoms with van der Waals surface area (Å²) in [4.78, 5) is 15.4. The summed E-state index contributed by atoms with van der Waals surface area (Å²) >= 11 is 6.00. The molecule has 0 atom stereocenters. The van der Waals surface area contributed by atoms with Crippen LogP contribution in [0.15, 0.2) is 30.9 Å². The minimum absolute atomic E-state index is 0.347. The molecule has 0 spiro atoms. The zero-order valence-electron chi connectivity index (χ0n) is 9.84. The van der Waals surface area contributed by atoms with Gasteiger partial charge in [-0.2, -0.15) is 5.10 Å². The van der Waals surface area contributed by atoms with Gasteiger partial charge in [-0.25, -0.2) is 4.79 Å². The van der Waals surface area contributed by atoms with E-state index in [4.69, 9.17) is 16.3 Å². The maximum atomic E-state index is 11.5. The molecule has 0 aliphatic rings. The van der Waals surface area contributed by atoms with Crippen LogP contribution in [0, 0.1) is 0 Å². The van der Waals surface area contributed by atoms with Crippen molar-refractivity contribution in [1.29, 1.82) is 0 Å². The van der Waals surface area contributed by atoms with Crippen LogP contribution in [-0.2, 0) is 11.3 Å². The van der Waals surface area contributed by atoms with E-state index < -0.39 is 0 Å². The third kappa shape index (κ3) is 2.87. The highest BCUT2D eigenvalue weighted by Crippen LogP contribution is 2.14. The number of carbonyl (C=O) groups excluding carboxylic acids is 1. The van der Waals surface area contributed by atoms with Crippen molar-refractivity contribution < 1.29 is 9.53 Å². The molecule has 0 radical (unpaired) electrons. The van der Waals surface area contributed by atoms with Gasteiger partial charge in [-0.05, 0) is 18.6 Å². The first-order valence-electron chi connectivity index (χ1n) is 5.48. The van der Waals surface area contributed by atoms with Crippen molar-refractivity contribution in [3.05, 3.63) is 47.0 Å². The average molecular weight is 266 g/mol. The van der Waals surface area contributed by atoms with E-state index in [1.54, 1.807) is 30.2 Å². The van der Waals surface area contributed by atoms with Gasteiger partial charge in [0, 0.05) is 18.6 Å². The van der Waals surface area contributed by atoms with Gasteiger partial charge in [0.15, 0.2) is 0 Å². The number of nitrogens with zero attached hydrogens (tertiary/aromatic N) is 3. The topological polar surface area (TPSA) is 57.0 Å². The highest BCUT2D eigenvalue weighted by atomic mass is 35.5. The molecule has 2 heterocycles. The monoisotopic (exact) mass is 265 g/mol. The summed E-state index contributed by atoms with van der Waals surface area (Å²) in [5.74, 6) is -0.371. The number of pyridine rings is 1. The van der Waals surface area contributed by atoms with Crippen LogP contribution in [0.3, 0.4) is 0 Å². The van der Waals surface area contributed by atoms with Crippen LogP contribution < -0.4 is 0 Å². The van der Waals surface area contributed by atoms with Crippen LogP contribution in [0.2, 0.25) is 5.02 Å². The highest BCUT2D eigenvalue weighted by Gasteiger charge is 2.10. The zero-order valence-corrected chi connectivity index (χ0v) is 10.6. The van der Waals surface area contributed by atoms with Crippen molar-refractivity contribution in [1.82, 2.24) is 14.8 Å². The first-order chi connectivity index (χ1) is 8.70. The van der Waals surface area contributed by atoms with E-state index in [0.29, 0.717) is 23.7 Å². The molecule has 5 nitrogen and oxygen atoms in total. The molecule has 6 heteroatoms. The molecular formula is C12H12ClN3O2. The van der Waals surface area contributed by atoms with Crippen molar-refractivity contribution >= 4 is 17.6 Å². The summed E-state index contributed by atoms with van der Waals surface area (Å²) in [5.41, 5.74) is 1.33. The van der Waals surface area contributed by atoms with E-state index in [-0.39, 0.29) is 5.97 Å². The number of rotatable bonds is 4. The second kappa shape index (κ2) is 5.64. The van der Waals surface area contributed by atoms with E-state index in [0.717, 1.165) is 5.56 Å². The summed E-state index contributed by atoms with van der Waals surface area (Å²) < 4.78 is 6.52. The molecule has 18 heavy (non-hydrogen) atoms. The molecule has 0 aliphatic carbocycles. The van der Waals surface area contributed by atoms with Crippen molar-refractivity contribution in [2.45, 2.75) is 13.5 Å². The fourth-order valence-electron chi connectivity index (χ4n) is 1.48. The third-order valence-corrected chi connectivity index (χ3v) is 2.67. The van der Waals surface area contributed by atoms with Crippen molar-refractivity contribution in [2.75, 3.05) is 6.61 Å². The van der Waals surface area contributed by atoms with Crippen LogP contribution in [0.1, 0.15) is 22.8 Å². The number of carbonyl (C=O) groups is 1. The van der Waals surface area contributed by atoms with E-state index >= 15 is 0 Å². The Morgan fingerprint density at radius 1 is 1.50 bits per heavy atom. The van der Waals surface area contributed by atoms with Gasteiger partial charge in [0.05, 0.1) is 29.9 Å². The van der Waals surface area contributed by atoms with Crippen molar-refractivity contribution in [2.24, 2.45) is 0 Å². The Kier molecular flexibility index (Phi) is 3.94. The standard InChI is InChI=1S/C12H12ClN3O2/c1-2-18-12(17)10-5-15-16(8-10)7-9-3-4-14-6-11(9)13/h3-6,8H,2,7H2,1H3. The van der Waals surface area contributed by atoms with E-state index in [1.807, 2.05) is 6.07 Å². The van der Waals surface area contributed by atoms with Crippen LogP contribution in [0.5, 0.6) is 0 Å². The second-order valence-electron chi connectivity index (χ2n) is 3.61. The molecule has 0 aromatic carbocycles. The lowest BCUT2D eigenvalue weighted by atomic mass is 10.3. The maximum Gasteiger partial charge on any atom is 0.341 e. The zero-order chi connectivity index (χ0) is 13.0. The fraction of sp³-hybridized carbons (Fsp3) is 0.250. The second-order valence-corrected chi connectivity index (χ2v) is 4.02. The Balaban J connectivity index is 2.12. The van der Waals surface area contributed by atoms with Crippen LogP contribution in [0.4, 0.5) is 0 Å². The van der Waals surface area contributed by atoms with E-state index in [2.05, 4.69) is 10.1 Å². The molecule has 0 N–H and O–H groups in total. The Morgan fingerprint density at radius 3 is 3.06 bits per heavy atom. The number of esters is 1. The maximum absolute atomic E-state index is 11.5. The molecule has 0 aliphatic heterocycles. The van der Waals surface area contributed by atoms with E-state index in [1.165, 1.54) is 6.20 Å². The SMILES string of the molecule is CCOC(=O)c1cnn(Cc2ccncc2Cl)c1. The summed E-state index contributed by atoms with van der Waals surface area (Å²) in [6.45, 7) is 2.60. The molecule has 2 aromatic heterocycles. The lowest BCUT2D eigenvalue weighted by Crippen LogP contribution is -2.04. The molecular weight excluding hydrogens is 254 g/mol. The smallest absolute Gasteiger partial charge is 0.341 e. The average Bonchev–Trinajstić information content (AvgIpc) is 2.81.